The summed E-state index contributed by atoms with van der Waals surface area (Å²) in [5.74, 6) is 1.08. The predicted octanol–water partition coefficient (Wildman–Crippen LogP) is 9.78. The Kier molecular flexibility index (Phi) is 27.3. The Morgan fingerprint density at radius 1 is 0.562 bits per heavy atom. The maximum atomic E-state index is 4.54. The lowest BCUT2D eigenvalue weighted by molar-refractivity contribution is 1.35. The number of hydrogen-bond acceptors (Lipinski definition) is 17. The SMILES string of the molecule is SCSC1=C(CSC(SCS)C(SCS)SCSC(SCS)C(SCS)SCS)SCS1. The van der Waals surface area contributed by atoms with Gasteiger partial charge in [-0.05, 0) is 0 Å². The first kappa shape index (κ1) is 35.7. The second-order valence-corrected chi connectivity index (χ2v) is 23.8. The average molecular weight is 754 g/mol. The van der Waals surface area contributed by atoms with Gasteiger partial charge in [0.25, 0.3) is 0 Å². The van der Waals surface area contributed by atoms with Gasteiger partial charge in [0.2, 0.25) is 0 Å². The van der Waals surface area contributed by atoms with Gasteiger partial charge in [0.05, 0.1) is 22.6 Å². The summed E-state index contributed by atoms with van der Waals surface area (Å²) in [6.45, 7) is 0. The van der Waals surface area contributed by atoms with Crippen molar-refractivity contribution >= 4 is 205 Å². The van der Waals surface area contributed by atoms with Crippen molar-refractivity contribution in [2.75, 3.05) is 46.4 Å². The summed E-state index contributed by atoms with van der Waals surface area (Å²) in [7, 11) is 0. The van der Waals surface area contributed by atoms with Gasteiger partial charge >= 0.3 is 0 Å². The first-order valence-corrected chi connectivity index (χ1v) is 24.0. The van der Waals surface area contributed by atoms with E-state index in [1.165, 1.54) is 9.14 Å². The molecule has 1 aliphatic heterocycles. The van der Waals surface area contributed by atoms with E-state index in [1.54, 1.807) is 0 Å². The van der Waals surface area contributed by atoms with E-state index in [0.717, 1.165) is 46.4 Å². The number of rotatable bonds is 21. The van der Waals surface area contributed by atoms with Gasteiger partial charge in [0, 0.05) is 51.3 Å². The molecule has 0 aromatic heterocycles. The highest BCUT2D eigenvalue weighted by Gasteiger charge is 2.27. The van der Waals surface area contributed by atoms with Crippen LogP contribution >= 0.6 is 205 Å². The molecule has 190 valence electrons. The Balaban J connectivity index is 2.70. The van der Waals surface area contributed by atoms with E-state index in [1.807, 2.05) is 106 Å². The van der Waals surface area contributed by atoms with Gasteiger partial charge in [-0.2, -0.15) is 75.8 Å². The number of thiol groups is 6. The second kappa shape index (κ2) is 24.5. The van der Waals surface area contributed by atoms with Crippen molar-refractivity contribution in [3.8, 4) is 0 Å². The van der Waals surface area contributed by atoms with Crippen LogP contribution in [0.25, 0.3) is 0 Å². The maximum Gasteiger partial charge on any atom is 0.0729 e. The minimum absolute atomic E-state index is 0.479. The molecule has 0 saturated heterocycles. The molecule has 32 heavy (non-hydrogen) atoms. The molecule has 0 bridgehead atoms. The third-order valence-corrected chi connectivity index (χ3v) is 21.6. The standard InChI is InChI=1S/C15H28S17/c16-2-23-11-10(29-8-30-11)1-22-12(24-3-17)14(27-6-20)31-9-32-15(28-7-21)13(25-4-18)26-5-19/h12-21H,1-9H2. The highest BCUT2D eigenvalue weighted by atomic mass is 32.3. The van der Waals surface area contributed by atoms with Crippen molar-refractivity contribution in [3.63, 3.8) is 0 Å². The summed E-state index contributed by atoms with van der Waals surface area (Å²) in [5, 5.41) is 7.21. The lowest BCUT2D eigenvalue weighted by Crippen LogP contribution is -2.17. The van der Waals surface area contributed by atoms with Crippen LogP contribution in [0.5, 0.6) is 0 Å². The molecular weight excluding hydrogens is 725 g/mol. The summed E-state index contributed by atoms with van der Waals surface area (Å²) in [6.07, 6.45) is 0. The maximum absolute atomic E-state index is 4.54. The monoisotopic (exact) mass is 752 g/mol. The zero-order chi connectivity index (χ0) is 23.6. The van der Waals surface area contributed by atoms with E-state index < -0.39 is 0 Å². The number of hydrogen-bond donors (Lipinski definition) is 6. The molecule has 0 aromatic carbocycles. The number of thioether (sulfide) groups is 11. The lowest BCUT2D eigenvalue weighted by Gasteiger charge is -2.27. The highest BCUT2D eigenvalue weighted by Crippen LogP contribution is 2.50. The Bertz CT molecular complexity index is 485. The fourth-order valence-electron chi connectivity index (χ4n) is 2.09. The van der Waals surface area contributed by atoms with E-state index in [9.17, 15) is 0 Å². The molecule has 1 heterocycles. The van der Waals surface area contributed by atoms with Crippen LogP contribution < -0.4 is 0 Å². The zero-order valence-corrected chi connectivity index (χ0v) is 31.2. The van der Waals surface area contributed by atoms with Gasteiger partial charge in [-0.3, -0.25) is 0 Å². The molecule has 0 spiro atoms. The van der Waals surface area contributed by atoms with Crippen molar-refractivity contribution in [2.45, 2.75) is 18.3 Å². The third kappa shape index (κ3) is 15.5. The molecule has 0 nitrogen and oxygen atoms in total. The van der Waals surface area contributed by atoms with Crippen molar-refractivity contribution in [3.05, 3.63) is 9.14 Å². The fraction of sp³-hybridized carbons (Fsp3) is 0.867. The van der Waals surface area contributed by atoms with Crippen molar-refractivity contribution in [1.82, 2.24) is 0 Å². The van der Waals surface area contributed by atoms with Crippen LogP contribution in [0.2, 0.25) is 0 Å². The Morgan fingerprint density at radius 3 is 1.44 bits per heavy atom. The fourth-order valence-corrected chi connectivity index (χ4v) is 22.3. The molecule has 3 unspecified atom stereocenters. The highest BCUT2D eigenvalue weighted by molar-refractivity contribution is 8.34. The Labute approximate surface area is 274 Å². The third-order valence-electron chi connectivity index (χ3n) is 3.33. The summed E-state index contributed by atoms with van der Waals surface area (Å²) in [6, 6.07) is 0. The predicted molar refractivity (Wildman–Crippen MR) is 203 cm³/mol. The van der Waals surface area contributed by atoms with E-state index in [2.05, 4.69) is 99.3 Å². The van der Waals surface area contributed by atoms with Crippen LogP contribution in [0.1, 0.15) is 0 Å². The van der Waals surface area contributed by atoms with Gasteiger partial charge in [-0.15, -0.1) is 129 Å². The molecule has 0 amide bonds. The first-order valence-electron chi connectivity index (χ1n) is 8.84. The topological polar surface area (TPSA) is 0 Å². The Morgan fingerprint density at radius 2 is 1.00 bits per heavy atom. The molecule has 3 atom stereocenters. The summed E-state index contributed by atoms with van der Waals surface area (Å²) in [4.78, 5) is 1.53. The van der Waals surface area contributed by atoms with Gasteiger partial charge in [-0.1, -0.05) is 0 Å². The largest absolute Gasteiger partial charge is 0.168 e. The van der Waals surface area contributed by atoms with Crippen molar-refractivity contribution in [2.24, 2.45) is 0 Å². The van der Waals surface area contributed by atoms with E-state index in [4.69, 9.17) is 0 Å². The minimum atomic E-state index is 0.479. The molecule has 0 fully saturated rings. The van der Waals surface area contributed by atoms with Crippen LogP contribution in [0.3, 0.4) is 0 Å². The molecule has 0 aromatic rings. The normalized spacial score (nSPS) is 17.3. The van der Waals surface area contributed by atoms with Crippen molar-refractivity contribution < 1.29 is 0 Å². The smallest absolute Gasteiger partial charge is 0.0729 e. The summed E-state index contributed by atoms with van der Waals surface area (Å²) >= 11 is 48.4. The zero-order valence-electron chi connectivity index (χ0n) is 16.8. The molecule has 0 aliphatic carbocycles. The van der Waals surface area contributed by atoms with Gasteiger partial charge < -0.3 is 0 Å². The molecule has 1 aliphatic rings. The minimum Gasteiger partial charge on any atom is -0.168 e. The van der Waals surface area contributed by atoms with Crippen LogP contribution in [-0.4, -0.2) is 64.8 Å². The van der Waals surface area contributed by atoms with Crippen LogP contribution in [0, 0.1) is 0 Å². The molecule has 0 saturated carbocycles. The summed E-state index contributed by atoms with van der Waals surface area (Å²) < 4.78 is 3.40. The van der Waals surface area contributed by atoms with E-state index in [0.29, 0.717) is 18.3 Å². The van der Waals surface area contributed by atoms with Gasteiger partial charge in [-0.25, -0.2) is 0 Å². The molecular formula is C15H28S17. The summed E-state index contributed by atoms with van der Waals surface area (Å²) in [5.41, 5.74) is 0. The first-order chi connectivity index (χ1) is 15.6. The van der Waals surface area contributed by atoms with E-state index >= 15 is 0 Å². The Hall–Kier alpha value is 5.69. The molecule has 0 N–H and O–H groups in total. The average Bonchev–Trinajstić information content (AvgIpc) is 3.22. The lowest BCUT2D eigenvalue weighted by atomic mass is 10.7. The molecule has 0 radical (unpaired) electrons. The van der Waals surface area contributed by atoms with Crippen LogP contribution in [0.4, 0.5) is 0 Å². The quantitative estimate of drug-likeness (QED) is 0.0491. The van der Waals surface area contributed by atoms with Gasteiger partial charge in [0.1, 0.15) is 0 Å². The van der Waals surface area contributed by atoms with Gasteiger partial charge in [0.15, 0.2) is 0 Å². The van der Waals surface area contributed by atoms with Crippen molar-refractivity contribution in [1.29, 1.82) is 0 Å². The second-order valence-electron chi connectivity index (χ2n) is 5.11. The molecule has 17 heteroatoms. The van der Waals surface area contributed by atoms with Crippen LogP contribution in [-0.2, 0) is 0 Å². The van der Waals surface area contributed by atoms with Crippen LogP contribution in [0.15, 0.2) is 9.14 Å². The van der Waals surface area contributed by atoms with E-state index in [-0.39, 0.29) is 0 Å². The molecule has 1 rings (SSSR count).